The second-order valence-corrected chi connectivity index (χ2v) is 5.03. The first-order valence-corrected chi connectivity index (χ1v) is 6.42. The third kappa shape index (κ3) is 5.82. The lowest BCUT2D eigenvalue weighted by molar-refractivity contribution is -0.146. The number of esters is 1. The van der Waals surface area contributed by atoms with Crippen LogP contribution in [0.15, 0.2) is 30.3 Å². The average molecular weight is 250 g/mol. The van der Waals surface area contributed by atoms with E-state index in [2.05, 4.69) is 13.8 Å². The van der Waals surface area contributed by atoms with Crippen LogP contribution >= 0.6 is 0 Å². The Balaban J connectivity index is 2.32. The van der Waals surface area contributed by atoms with Crippen LogP contribution in [-0.4, -0.2) is 17.7 Å². The molecule has 0 aliphatic heterocycles. The van der Waals surface area contributed by atoms with Crippen LogP contribution in [0.2, 0.25) is 0 Å². The van der Waals surface area contributed by atoms with E-state index in [0.717, 1.165) is 12.0 Å². The Labute approximate surface area is 109 Å². The van der Waals surface area contributed by atoms with Gasteiger partial charge < -0.3 is 9.84 Å². The topological polar surface area (TPSA) is 46.5 Å². The number of hydrogen-bond donors (Lipinski definition) is 1. The minimum absolute atomic E-state index is 0.00766. The van der Waals surface area contributed by atoms with E-state index in [1.807, 2.05) is 30.3 Å². The van der Waals surface area contributed by atoms with Gasteiger partial charge in [0, 0.05) is 6.61 Å². The molecule has 1 rings (SSSR count). The van der Waals surface area contributed by atoms with Gasteiger partial charge in [0.1, 0.15) is 6.61 Å². The van der Waals surface area contributed by atoms with Gasteiger partial charge in [-0.2, -0.15) is 0 Å². The van der Waals surface area contributed by atoms with Crippen molar-refractivity contribution in [3.8, 4) is 0 Å². The minimum Gasteiger partial charge on any atom is -0.461 e. The first-order valence-electron chi connectivity index (χ1n) is 6.42. The highest BCUT2D eigenvalue weighted by atomic mass is 16.5. The molecular formula is C15H22O3. The van der Waals surface area contributed by atoms with Crippen LogP contribution in [0.3, 0.4) is 0 Å². The van der Waals surface area contributed by atoms with Gasteiger partial charge in [0.15, 0.2) is 0 Å². The van der Waals surface area contributed by atoms with Gasteiger partial charge in [-0.15, -0.1) is 0 Å². The molecule has 0 fully saturated rings. The van der Waals surface area contributed by atoms with Crippen molar-refractivity contribution in [1.82, 2.24) is 0 Å². The Morgan fingerprint density at radius 3 is 2.50 bits per heavy atom. The van der Waals surface area contributed by atoms with Crippen molar-refractivity contribution in [2.24, 2.45) is 11.8 Å². The molecule has 0 spiro atoms. The van der Waals surface area contributed by atoms with Crippen LogP contribution in [0.1, 0.15) is 32.3 Å². The second-order valence-electron chi connectivity index (χ2n) is 5.03. The number of rotatable bonds is 7. The van der Waals surface area contributed by atoms with Gasteiger partial charge >= 0.3 is 5.97 Å². The number of aliphatic hydroxyl groups is 1. The summed E-state index contributed by atoms with van der Waals surface area (Å²) in [6, 6.07) is 9.60. The molecule has 18 heavy (non-hydrogen) atoms. The summed E-state index contributed by atoms with van der Waals surface area (Å²) in [6.45, 7) is 4.51. The SMILES string of the molecule is CC(C)C[C@H](CO)CC(=O)OCc1ccccc1. The zero-order valence-corrected chi connectivity index (χ0v) is 11.1. The fourth-order valence-electron chi connectivity index (χ4n) is 1.92. The Morgan fingerprint density at radius 1 is 1.28 bits per heavy atom. The average Bonchev–Trinajstić information content (AvgIpc) is 2.36. The molecule has 0 saturated heterocycles. The molecule has 0 aliphatic carbocycles. The van der Waals surface area contributed by atoms with E-state index in [4.69, 9.17) is 4.74 Å². The van der Waals surface area contributed by atoms with Gasteiger partial charge in [0.05, 0.1) is 6.42 Å². The van der Waals surface area contributed by atoms with Crippen molar-refractivity contribution in [2.75, 3.05) is 6.61 Å². The molecule has 0 bridgehead atoms. The summed E-state index contributed by atoms with van der Waals surface area (Å²) in [7, 11) is 0. The smallest absolute Gasteiger partial charge is 0.306 e. The number of benzene rings is 1. The highest BCUT2D eigenvalue weighted by Gasteiger charge is 2.15. The van der Waals surface area contributed by atoms with Gasteiger partial charge in [0.2, 0.25) is 0 Å². The lowest BCUT2D eigenvalue weighted by Gasteiger charge is -2.15. The summed E-state index contributed by atoms with van der Waals surface area (Å²) in [5.74, 6) is 0.246. The van der Waals surface area contributed by atoms with E-state index in [9.17, 15) is 9.90 Å². The van der Waals surface area contributed by atoms with Crippen molar-refractivity contribution < 1.29 is 14.6 Å². The van der Waals surface area contributed by atoms with Crippen LogP contribution < -0.4 is 0 Å². The van der Waals surface area contributed by atoms with Crippen LogP contribution in [-0.2, 0) is 16.1 Å². The van der Waals surface area contributed by atoms with E-state index >= 15 is 0 Å². The van der Waals surface area contributed by atoms with Gasteiger partial charge in [-0.3, -0.25) is 4.79 Å². The fraction of sp³-hybridized carbons (Fsp3) is 0.533. The van der Waals surface area contributed by atoms with Gasteiger partial charge in [0.25, 0.3) is 0 Å². The van der Waals surface area contributed by atoms with Crippen molar-refractivity contribution >= 4 is 5.97 Å². The number of ether oxygens (including phenoxy) is 1. The van der Waals surface area contributed by atoms with Crippen molar-refractivity contribution in [1.29, 1.82) is 0 Å². The van der Waals surface area contributed by atoms with E-state index in [1.165, 1.54) is 0 Å². The number of aliphatic hydroxyl groups excluding tert-OH is 1. The number of carbonyl (C=O) groups is 1. The van der Waals surface area contributed by atoms with Gasteiger partial charge in [-0.1, -0.05) is 44.2 Å². The van der Waals surface area contributed by atoms with Gasteiger partial charge in [-0.05, 0) is 23.8 Å². The lowest BCUT2D eigenvalue weighted by Crippen LogP contribution is -2.16. The summed E-state index contributed by atoms with van der Waals surface area (Å²) in [4.78, 5) is 11.6. The number of carbonyl (C=O) groups excluding carboxylic acids is 1. The van der Waals surface area contributed by atoms with Crippen LogP contribution in [0.5, 0.6) is 0 Å². The molecule has 0 aliphatic rings. The molecule has 0 radical (unpaired) electrons. The molecule has 0 amide bonds. The molecular weight excluding hydrogens is 228 g/mol. The molecule has 3 heteroatoms. The summed E-state index contributed by atoms with van der Waals surface area (Å²) < 4.78 is 5.19. The van der Waals surface area contributed by atoms with Crippen LogP contribution in [0.4, 0.5) is 0 Å². The van der Waals surface area contributed by atoms with Crippen molar-refractivity contribution in [3.63, 3.8) is 0 Å². The Hall–Kier alpha value is -1.35. The summed E-state index contributed by atoms with van der Waals surface area (Å²) in [5.41, 5.74) is 0.982. The summed E-state index contributed by atoms with van der Waals surface area (Å²) >= 11 is 0. The van der Waals surface area contributed by atoms with Crippen molar-refractivity contribution in [3.05, 3.63) is 35.9 Å². The molecule has 0 heterocycles. The Bertz CT molecular complexity index is 346. The molecule has 3 nitrogen and oxygen atoms in total. The maximum absolute atomic E-state index is 11.6. The summed E-state index contributed by atoms with van der Waals surface area (Å²) in [6.07, 6.45) is 1.14. The molecule has 1 aromatic carbocycles. The molecule has 0 aromatic heterocycles. The second kappa shape index (κ2) is 7.88. The predicted octanol–water partition coefficient (Wildman–Crippen LogP) is 2.77. The third-order valence-corrected chi connectivity index (χ3v) is 2.76. The largest absolute Gasteiger partial charge is 0.461 e. The van der Waals surface area contributed by atoms with E-state index in [-0.39, 0.29) is 18.5 Å². The third-order valence-electron chi connectivity index (χ3n) is 2.76. The number of hydrogen-bond acceptors (Lipinski definition) is 3. The minimum atomic E-state index is -0.237. The van der Waals surface area contributed by atoms with E-state index < -0.39 is 0 Å². The van der Waals surface area contributed by atoms with Crippen LogP contribution in [0.25, 0.3) is 0 Å². The maximum Gasteiger partial charge on any atom is 0.306 e. The molecule has 0 saturated carbocycles. The summed E-state index contributed by atoms with van der Waals surface area (Å²) in [5, 5.41) is 9.20. The monoisotopic (exact) mass is 250 g/mol. The Morgan fingerprint density at radius 2 is 1.94 bits per heavy atom. The predicted molar refractivity (Wildman–Crippen MR) is 70.9 cm³/mol. The zero-order valence-electron chi connectivity index (χ0n) is 11.1. The van der Waals surface area contributed by atoms with Crippen LogP contribution in [0, 0.1) is 11.8 Å². The van der Waals surface area contributed by atoms with Gasteiger partial charge in [-0.25, -0.2) is 0 Å². The molecule has 1 N–H and O–H groups in total. The fourth-order valence-corrected chi connectivity index (χ4v) is 1.92. The molecule has 100 valence electrons. The molecule has 1 aromatic rings. The normalized spacial score (nSPS) is 12.4. The molecule has 0 unspecified atom stereocenters. The maximum atomic E-state index is 11.6. The van der Waals surface area contributed by atoms with E-state index in [0.29, 0.717) is 18.9 Å². The van der Waals surface area contributed by atoms with Crippen molar-refractivity contribution in [2.45, 2.75) is 33.3 Å². The highest BCUT2D eigenvalue weighted by molar-refractivity contribution is 5.69. The standard InChI is InChI=1S/C15H22O3/c1-12(2)8-14(10-16)9-15(17)18-11-13-6-4-3-5-7-13/h3-7,12,14,16H,8-11H2,1-2H3/t14-/m0/s1. The van der Waals surface area contributed by atoms with E-state index in [1.54, 1.807) is 0 Å². The quantitative estimate of drug-likeness (QED) is 0.757. The first kappa shape index (κ1) is 14.7. The lowest BCUT2D eigenvalue weighted by atomic mass is 9.95. The molecule has 1 atom stereocenters. The Kier molecular flexibility index (Phi) is 6.44. The highest BCUT2D eigenvalue weighted by Crippen LogP contribution is 2.15. The zero-order chi connectivity index (χ0) is 13.4. The first-order chi connectivity index (χ1) is 8.61.